The smallest absolute Gasteiger partial charge is 0.255 e. The molecular formula is C16H21N3O2. The Bertz CT molecular complexity index is 620. The van der Waals surface area contributed by atoms with Crippen LogP contribution in [0.5, 0.6) is 0 Å². The Morgan fingerprint density at radius 1 is 1.33 bits per heavy atom. The molecule has 0 aliphatic carbocycles. The lowest BCUT2D eigenvalue weighted by Crippen LogP contribution is -2.39. The molecule has 1 atom stereocenters. The number of aromatic nitrogens is 2. The van der Waals surface area contributed by atoms with E-state index in [4.69, 9.17) is 0 Å². The predicted octanol–water partition coefficient (Wildman–Crippen LogP) is 1.37. The first kappa shape index (κ1) is 15.3. The minimum Gasteiger partial charge on any atom is -0.394 e. The van der Waals surface area contributed by atoms with Crippen molar-refractivity contribution < 1.29 is 9.90 Å². The van der Waals surface area contributed by atoms with E-state index in [1.165, 1.54) is 0 Å². The lowest BCUT2D eigenvalue weighted by Gasteiger charge is -2.16. The molecule has 1 aromatic heterocycles. The number of hydrogen-bond acceptors (Lipinski definition) is 3. The molecule has 5 nitrogen and oxygen atoms in total. The van der Waals surface area contributed by atoms with Gasteiger partial charge < -0.3 is 10.4 Å². The summed E-state index contributed by atoms with van der Waals surface area (Å²) >= 11 is 0. The van der Waals surface area contributed by atoms with Gasteiger partial charge in [-0.1, -0.05) is 30.3 Å². The lowest BCUT2D eigenvalue weighted by atomic mass is 10.1. The van der Waals surface area contributed by atoms with E-state index in [2.05, 4.69) is 10.4 Å². The zero-order chi connectivity index (χ0) is 15.4. The molecule has 112 valence electrons. The minimum atomic E-state index is -0.307. The first-order chi connectivity index (χ1) is 10.0. The standard InChI is InChI=1S/C16H21N3O2/c1-11-15(12(2)19(3)18-11)16(21)17-14(10-20)9-13-7-5-4-6-8-13/h4-8,14,20H,9-10H2,1-3H3,(H,17,21)/t14-/m1/s1. The number of aliphatic hydroxyl groups is 1. The van der Waals surface area contributed by atoms with E-state index in [0.717, 1.165) is 11.3 Å². The van der Waals surface area contributed by atoms with Crippen LogP contribution >= 0.6 is 0 Å². The van der Waals surface area contributed by atoms with E-state index < -0.39 is 0 Å². The van der Waals surface area contributed by atoms with Gasteiger partial charge >= 0.3 is 0 Å². The third-order valence-electron chi connectivity index (χ3n) is 3.62. The van der Waals surface area contributed by atoms with Crippen molar-refractivity contribution in [1.82, 2.24) is 15.1 Å². The number of carbonyl (C=O) groups is 1. The van der Waals surface area contributed by atoms with Gasteiger partial charge in [-0.15, -0.1) is 0 Å². The fourth-order valence-corrected chi connectivity index (χ4v) is 2.42. The quantitative estimate of drug-likeness (QED) is 0.873. The summed E-state index contributed by atoms with van der Waals surface area (Å²) < 4.78 is 1.69. The van der Waals surface area contributed by atoms with Crippen LogP contribution in [0.25, 0.3) is 0 Å². The van der Waals surface area contributed by atoms with Crippen molar-refractivity contribution in [3.63, 3.8) is 0 Å². The number of aliphatic hydroxyl groups excluding tert-OH is 1. The number of nitrogens with one attached hydrogen (secondary N) is 1. The van der Waals surface area contributed by atoms with Crippen LogP contribution in [-0.2, 0) is 13.5 Å². The molecule has 1 aromatic carbocycles. The fraction of sp³-hybridized carbons (Fsp3) is 0.375. The summed E-state index contributed by atoms with van der Waals surface area (Å²) in [7, 11) is 1.81. The number of benzene rings is 1. The third-order valence-corrected chi connectivity index (χ3v) is 3.62. The summed E-state index contributed by atoms with van der Waals surface area (Å²) in [6.07, 6.45) is 0.599. The van der Waals surface area contributed by atoms with Crippen molar-refractivity contribution in [2.75, 3.05) is 6.61 Å². The molecule has 5 heteroatoms. The molecule has 0 fully saturated rings. The van der Waals surface area contributed by atoms with Gasteiger partial charge in [0.05, 0.1) is 23.9 Å². The Labute approximate surface area is 124 Å². The van der Waals surface area contributed by atoms with Crippen LogP contribution in [0.1, 0.15) is 27.3 Å². The summed E-state index contributed by atoms with van der Waals surface area (Å²) in [4.78, 5) is 12.4. The van der Waals surface area contributed by atoms with Crippen molar-refractivity contribution >= 4 is 5.91 Å². The van der Waals surface area contributed by atoms with Crippen LogP contribution in [0.3, 0.4) is 0 Å². The highest BCUT2D eigenvalue weighted by atomic mass is 16.3. The maximum Gasteiger partial charge on any atom is 0.255 e. The molecule has 2 aromatic rings. The second-order valence-electron chi connectivity index (χ2n) is 5.21. The number of carbonyl (C=O) groups excluding carboxylic acids is 1. The van der Waals surface area contributed by atoms with Crippen LogP contribution in [0, 0.1) is 13.8 Å². The molecule has 2 rings (SSSR count). The molecule has 0 radical (unpaired) electrons. The van der Waals surface area contributed by atoms with Gasteiger partial charge in [-0.05, 0) is 25.8 Å². The van der Waals surface area contributed by atoms with Crippen molar-refractivity contribution in [2.45, 2.75) is 26.3 Å². The molecule has 21 heavy (non-hydrogen) atoms. The highest BCUT2D eigenvalue weighted by molar-refractivity contribution is 5.96. The van der Waals surface area contributed by atoms with Crippen LogP contribution in [-0.4, -0.2) is 33.4 Å². The van der Waals surface area contributed by atoms with Crippen molar-refractivity contribution in [3.05, 3.63) is 52.8 Å². The van der Waals surface area contributed by atoms with Gasteiger partial charge in [-0.3, -0.25) is 9.48 Å². The van der Waals surface area contributed by atoms with Crippen molar-refractivity contribution in [2.24, 2.45) is 7.05 Å². The molecule has 1 amide bonds. The Morgan fingerprint density at radius 3 is 2.52 bits per heavy atom. The van der Waals surface area contributed by atoms with Gasteiger partial charge in [0.25, 0.3) is 5.91 Å². The maximum atomic E-state index is 12.4. The Hall–Kier alpha value is -2.14. The summed E-state index contributed by atoms with van der Waals surface area (Å²) in [5, 5.41) is 16.6. The average molecular weight is 287 g/mol. The SMILES string of the molecule is Cc1nn(C)c(C)c1C(=O)N[C@@H](CO)Cc1ccccc1. The second kappa shape index (κ2) is 6.54. The van der Waals surface area contributed by atoms with E-state index in [9.17, 15) is 9.90 Å². The molecule has 0 aliphatic heterocycles. The molecule has 2 N–H and O–H groups in total. The van der Waals surface area contributed by atoms with Gasteiger partial charge in [0.2, 0.25) is 0 Å². The van der Waals surface area contributed by atoms with Gasteiger partial charge in [0.1, 0.15) is 0 Å². The van der Waals surface area contributed by atoms with E-state index in [1.807, 2.05) is 51.2 Å². The number of hydrogen-bond donors (Lipinski definition) is 2. The summed E-state index contributed by atoms with van der Waals surface area (Å²) in [5.41, 5.74) is 3.19. The van der Waals surface area contributed by atoms with Gasteiger partial charge in [0, 0.05) is 12.7 Å². The maximum absolute atomic E-state index is 12.4. The molecule has 0 spiro atoms. The summed E-state index contributed by atoms with van der Waals surface area (Å²) in [6, 6.07) is 9.49. The first-order valence-electron chi connectivity index (χ1n) is 6.98. The molecule has 0 unspecified atom stereocenters. The predicted molar refractivity (Wildman–Crippen MR) is 81.2 cm³/mol. The van der Waals surface area contributed by atoms with E-state index in [1.54, 1.807) is 4.68 Å². The highest BCUT2D eigenvalue weighted by Gasteiger charge is 2.20. The Morgan fingerprint density at radius 2 is 2.00 bits per heavy atom. The van der Waals surface area contributed by atoms with Crippen molar-refractivity contribution in [1.29, 1.82) is 0 Å². The van der Waals surface area contributed by atoms with Crippen molar-refractivity contribution in [3.8, 4) is 0 Å². The monoisotopic (exact) mass is 287 g/mol. The minimum absolute atomic E-state index is 0.0982. The molecule has 0 saturated heterocycles. The third kappa shape index (κ3) is 3.49. The number of aryl methyl sites for hydroxylation is 2. The molecule has 0 aliphatic rings. The largest absolute Gasteiger partial charge is 0.394 e. The molecule has 1 heterocycles. The second-order valence-corrected chi connectivity index (χ2v) is 5.21. The number of rotatable bonds is 5. The first-order valence-corrected chi connectivity index (χ1v) is 6.98. The average Bonchev–Trinajstić information content (AvgIpc) is 2.72. The topological polar surface area (TPSA) is 67.2 Å². The van der Waals surface area contributed by atoms with E-state index in [-0.39, 0.29) is 18.6 Å². The molecular weight excluding hydrogens is 266 g/mol. The van der Waals surface area contributed by atoms with Crippen LogP contribution in [0.15, 0.2) is 30.3 Å². The molecule has 0 saturated carbocycles. The number of amides is 1. The molecule has 0 bridgehead atoms. The van der Waals surface area contributed by atoms with Gasteiger partial charge in [-0.2, -0.15) is 5.10 Å². The summed E-state index contributed by atoms with van der Waals surface area (Å²) in [6.45, 7) is 3.58. The summed E-state index contributed by atoms with van der Waals surface area (Å²) in [5.74, 6) is -0.187. The zero-order valence-corrected chi connectivity index (χ0v) is 12.6. The van der Waals surface area contributed by atoms with E-state index in [0.29, 0.717) is 17.7 Å². The normalized spacial score (nSPS) is 12.2. The number of nitrogens with zero attached hydrogens (tertiary/aromatic N) is 2. The van der Waals surface area contributed by atoms with Gasteiger partial charge in [0.15, 0.2) is 0 Å². The zero-order valence-electron chi connectivity index (χ0n) is 12.6. The fourth-order valence-electron chi connectivity index (χ4n) is 2.42. The van der Waals surface area contributed by atoms with Crippen LogP contribution < -0.4 is 5.32 Å². The Kier molecular flexibility index (Phi) is 4.75. The van der Waals surface area contributed by atoms with Gasteiger partial charge in [-0.25, -0.2) is 0 Å². The van der Waals surface area contributed by atoms with E-state index >= 15 is 0 Å². The van der Waals surface area contributed by atoms with Crippen LogP contribution in [0.2, 0.25) is 0 Å². The lowest BCUT2D eigenvalue weighted by molar-refractivity contribution is 0.0915. The van der Waals surface area contributed by atoms with Crippen LogP contribution in [0.4, 0.5) is 0 Å². The Balaban J connectivity index is 2.09. The highest BCUT2D eigenvalue weighted by Crippen LogP contribution is 2.12.